The Morgan fingerprint density at radius 2 is 2.17 bits per heavy atom. The van der Waals surface area contributed by atoms with Crippen LogP contribution in [-0.2, 0) is 0 Å². The first-order valence-corrected chi connectivity index (χ1v) is 10.6. The average molecular weight is 402 g/mol. The van der Waals surface area contributed by atoms with Gasteiger partial charge in [-0.15, -0.1) is 0 Å². The van der Waals surface area contributed by atoms with Crippen molar-refractivity contribution < 1.29 is 4.79 Å². The van der Waals surface area contributed by atoms with Crippen LogP contribution in [0.2, 0.25) is 0 Å². The first-order valence-electron chi connectivity index (χ1n) is 10.6. The Morgan fingerprint density at radius 3 is 2.93 bits per heavy atom. The maximum Gasteiger partial charge on any atom is 0.317 e. The molecule has 0 bridgehead atoms. The van der Waals surface area contributed by atoms with Crippen LogP contribution in [0.4, 0.5) is 10.5 Å². The van der Waals surface area contributed by atoms with E-state index in [4.69, 9.17) is 0 Å². The Labute approximate surface area is 177 Å². The molecule has 1 aliphatic heterocycles. The number of anilines is 1. The lowest BCUT2D eigenvalue weighted by molar-refractivity contribution is 0.184. The van der Waals surface area contributed by atoms with Gasteiger partial charge >= 0.3 is 6.03 Å². The SMILES string of the molecule is CCNC(=O)N1CCC(Nc2cc(C3C=C(C#N)C=CC3)cc3ccncc23)CC1. The fourth-order valence-corrected chi connectivity index (χ4v) is 4.25. The topological polar surface area (TPSA) is 81.0 Å². The van der Waals surface area contributed by atoms with Gasteiger partial charge in [0.25, 0.3) is 0 Å². The maximum atomic E-state index is 12.1. The van der Waals surface area contributed by atoms with Crippen molar-refractivity contribution in [1.29, 1.82) is 5.26 Å². The van der Waals surface area contributed by atoms with E-state index >= 15 is 0 Å². The molecular formula is C24H27N5O. The third kappa shape index (κ3) is 4.30. The highest BCUT2D eigenvalue weighted by molar-refractivity contribution is 5.94. The maximum absolute atomic E-state index is 12.1. The van der Waals surface area contributed by atoms with Crippen LogP contribution in [0.15, 0.2) is 54.4 Å². The van der Waals surface area contributed by atoms with Gasteiger partial charge in [0.05, 0.1) is 6.07 Å². The lowest BCUT2D eigenvalue weighted by Gasteiger charge is -2.33. The van der Waals surface area contributed by atoms with Crippen molar-refractivity contribution in [2.45, 2.75) is 38.1 Å². The molecule has 4 rings (SSSR count). The molecule has 1 fully saturated rings. The fraction of sp³-hybridized carbons (Fsp3) is 0.375. The van der Waals surface area contributed by atoms with E-state index in [2.05, 4.69) is 46.0 Å². The first kappa shape index (κ1) is 20.0. The summed E-state index contributed by atoms with van der Waals surface area (Å²) in [6, 6.07) is 9.04. The standard InChI is InChI=1S/C24H27N5O/c1-2-27-24(30)29-10-7-21(8-11-29)28-23-14-20(13-19-6-9-26-16-22(19)23)18-5-3-4-17(12-18)15-25/h3-4,6,9,12-14,16,18,21,28H,2,5,7-8,10-11H2,1H3,(H,27,30). The number of hydrogen-bond donors (Lipinski definition) is 2. The number of aromatic nitrogens is 1. The molecule has 1 aromatic heterocycles. The van der Waals surface area contributed by atoms with Gasteiger partial charge in [0, 0.05) is 60.6 Å². The molecule has 2 aromatic rings. The highest BCUT2D eigenvalue weighted by Gasteiger charge is 2.23. The summed E-state index contributed by atoms with van der Waals surface area (Å²) in [6.07, 6.45) is 12.5. The van der Waals surface area contributed by atoms with Crippen LogP contribution in [-0.4, -0.2) is 41.6 Å². The molecule has 30 heavy (non-hydrogen) atoms. The van der Waals surface area contributed by atoms with E-state index < -0.39 is 0 Å². The number of amides is 2. The number of hydrogen-bond acceptors (Lipinski definition) is 4. The van der Waals surface area contributed by atoms with E-state index in [0.717, 1.165) is 48.8 Å². The smallest absolute Gasteiger partial charge is 0.317 e. The number of pyridine rings is 1. The van der Waals surface area contributed by atoms with Gasteiger partial charge in [-0.2, -0.15) is 5.26 Å². The molecule has 1 atom stereocenters. The second-order valence-electron chi connectivity index (χ2n) is 7.88. The Morgan fingerprint density at radius 1 is 1.33 bits per heavy atom. The van der Waals surface area contributed by atoms with Crippen molar-refractivity contribution in [1.82, 2.24) is 15.2 Å². The summed E-state index contributed by atoms with van der Waals surface area (Å²) in [4.78, 5) is 18.3. The van der Waals surface area contributed by atoms with Crippen molar-refractivity contribution in [3.8, 4) is 6.07 Å². The summed E-state index contributed by atoms with van der Waals surface area (Å²) in [5.41, 5.74) is 3.00. The molecular weight excluding hydrogens is 374 g/mol. The first-order chi connectivity index (χ1) is 14.7. The van der Waals surface area contributed by atoms with Crippen molar-refractivity contribution in [3.05, 3.63) is 60.0 Å². The summed E-state index contributed by atoms with van der Waals surface area (Å²) < 4.78 is 0. The number of allylic oxidation sites excluding steroid dienone is 4. The molecule has 2 amide bonds. The normalized spacial score (nSPS) is 19.3. The van der Waals surface area contributed by atoms with Crippen LogP contribution in [0.5, 0.6) is 0 Å². The van der Waals surface area contributed by atoms with Crippen molar-refractivity contribution in [2.24, 2.45) is 0 Å². The Hall–Kier alpha value is -3.33. The molecule has 2 heterocycles. The van der Waals surface area contributed by atoms with Gasteiger partial charge in [-0.05, 0) is 55.3 Å². The molecule has 154 valence electrons. The van der Waals surface area contributed by atoms with Gasteiger partial charge in [-0.25, -0.2) is 4.79 Å². The van der Waals surface area contributed by atoms with Gasteiger partial charge in [0.15, 0.2) is 0 Å². The van der Waals surface area contributed by atoms with Gasteiger partial charge in [0.1, 0.15) is 0 Å². The minimum atomic E-state index is 0.0260. The summed E-state index contributed by atoms with van der Waals surface area (Å²) in [6.45, 7) is 4.10. The number of urea groups is 1. The second kappa shape index (κ2) is 9.00. The fourth-order valence-electron chi connectivity index (χ4n) is 4.25. The van der Waals surface area contributed by atoms with Crippen LogP contribution in [0.3, 0.4) is 0 Å². The highest BCUT2D eigenvalue weighted by Crippen LogP contribution is 2.34. The molecule has 0 radical (unpaired) electrons. The summed E-state index contributed by atoms with van der Waals surface area (Å²) in [7, 11) is 0. The van der Waals surface area contributed by atoms with Crippen LogP contribution in [0.25, 0.3) is 10.8 Å². The minimum Gasteiger partial charge on any atom is -0.382 e. The Bertz CT molecular complexity index is 1030. The zero-order valence-corrected chi connectivity index (χ0v) is 17.3. The molecule has 2 N–H and O–H groups in total. The van der Waals surface area contributed by atoms with Gasteiger partial charge < -0.3 is 15.5 Å². The van der Waals surface area contributed by atoms with Crippen molar-refractivity contribution in [3.63, 3.8) is 0 Å². The predicted molar refractivity (Wildman–Crippen MR) is 119 cm³/mol. The van der Waals surface area contributed by atoms with Gasteiger partial charge in [-0.1, -0.05) is 18.2 Å². The number of fused-ring (bicyclic) bond motifs is 1. The monoisotopic (exact) mass is 401 g/mol. The van der Waals surface area contributed by atoms with Crippen LogP contribution < -0.4 is 10.6 Å². The third-order valence-electron chi connectivity index (χ3n) is 5.87. The number of carbonyl (C=O) groups is 1. The molecule has 0 spiro atoms. The number of nitriles is 1. The second-order valence-corrected chi connectivity index (χ2v) is 7.88. The van der Waals surface area contributed by atoms with Crippen LogP contribution >= 0.6 is 0 Å². The number of benzene rings is 1. The number of carbonyl (C=O) groups excluding carboxylic acids is 1. The van der Waals surface area contributed by atoms with E-state index in [9.17, 15) is 10.1 Å². The zero-order chi connectivity index (χ0) is 20.9. The summed E-state index contributed by atoms with van der Waals surface area (Å²) in [5, 5.41) is 18.1. The van der Waals surface area contributed by atoms with Crippen LogP contribution in [0, 0.1) is 11.3 Å². The quantitative estimate of drug-likeness (QED) is 0.799. The molecule has 0 saturated carbocycles. The van der Waals surface area contributed by atoms with E-state index in [1.165, 1.54) is 5.56 Å². The van der Waals surface area contributed by atoms with Crippen molar-refractivity contribution in [2.75, 3.05) is 25.0 Å². The molecule has 1 aliphatic carbocycles. The predicted octanol–water partition coefficient (Wildman–Crippen LogP) is 4.33. The number of likely N-dealkylation sites (tertiary alicyclic amines) is 1. The summed E-state index contributed by atoms with van der Waals surface area (Å²) >= 11 is 0. The molecule has 6 heteroatoms. The zero-order valence-electron chi connectivity index (χ0n) is 17.3. The van der Waals surface area contributed by atoms with Gasteiger partial charge in [0.2, 0.25) is 0 Å². The Kier molecular flexibility index (Phi) is 5.99. The molecule has 1 unspecified atom stereocenters. The number of nitrogens with zero attached hydrogens (tertiary/aromatic N) is 3. The Balaban J connectivity index is 1.55. The molecule has 1 saturated heterocycles. The summed E-state index contributed by atoms with van der Waals surface area (Å²) in [5.74, 6) is 0.197. The van der Waals surface area contributed by atoms with Crippen molar-refractivity contribution >= 4 is 22.5 Å². The average Bonchev–Trinajstić information content (AvgIpc) is 2.79. The van der Waals surface area contributed by atoms with E-state index in [1.54, 1.807) is 0 Å². The lowest BCUT2D eigenvalue weighted by atomic mass is 9.88. The van der Waals surface area contributed by atoms with E-state index in [0.29, 0.717) is 18.2 Å². The van der Waals surface area contributed by atoms with E-state index in [1.807, 2.05) is 36.4 Å². The third-order valence-corrected chi connectivity index (χ3v) is 5.87. The highest BCUT2D eigenvalue weighted by atomic mass is 16.2. The lowest BCUT2D eigenvalue weighted by Crippen LogP contribution is -2.46. The van der Waals surface area contributed by atoms with Gasteiger partial charge in [-0.3, -0.25) is 4.98 Å². The minimum absolute atomic E-state index is 0.0260. The number of nitrogens with one attached hydrogen (secondary N) is 2. The largest absolute Gasteiger partial charge is 0.382 e. The number of rotatable bonds is 4. The molecule has 2 aliphatic rings. The molecule has 6 nitrogen and oxygen atoms in total. The molecule has 1 aromatic carbocycles. The van der Waals surface area contributed by atoms with E-state index in [-0.39, 0.29) is 11.9 Å². The van der Waals surface area contributed by atoms with Crippen LogP contribution in [0.1, 0.15) is 37.7 Å². The number of piperidine rings is 1.